The van der Waals surface area contributed by atoms with Crippen LogP contribution >= 0.6 is 12.4 Å². The Morgan fingerprint density at radius 1 is 1.25 bits per heavy atom. The van der Waals surface area contributed by atoms with E-state index >= 15 is 0 Å². The molecular weight excluding hydrogens is 278 g/mol. The van der Waals surface area contributed by atoms with Gasteiger partial charge in [0.05, 0.1) is 5.56 Å². The van der Waals surface area contributed by atoms with Crippen LogP contribution < -0.4 is 16.2 Å². The van der Waals surface area contributed by atoms with Gasteiger partial charge in [-0.2, -0.15) is 0 Å². The van der Waals surface area contributed by atoms with Crippen molar-refractivity contribution in [3.63, 3.8) is 0 Å². The Kier molecular flexibility index (Phi) is 6.21. The predicted molar refractivity (Wildman–Crippen MR) is 82.7 cm³/mol. The highest BCUT2D eigenvalue weighted by atomic mass is 35.5. The third-order valence-corrected chi connectivity index (χ3v) is 2.83. The summed E-state index contributed by atoms with van der Waals surface area (Å²) in [5, 5.41) is 6.67. The lowest BCUT2D eigenvalue weighted by Gasteiger charge is -2.08. The molecular formula is C14H18ClN3O2. The Bertz CT molecular complexity index is 640. The number of carbonyl (C=O) groups excluding carboxylic acids is 1. The van der Waals surface area contributed by atoms with Gasteiger partial charge in [-0.15, -0.1) is 12.4 Å². The molecule has 5 nitrogen and oxygen atoms in total. The molecule has 3 N–H and O–H groups in total. The Morgan fingerprint density at radius 3 is 2.75 bits per heavy atom. The van der Waals surface area contributed by atoms with Crippen LogP contribution in [0.5, 0.6) is 0 Å². The molecule has 0 saturated heterocycles. The maximum Gasteiger partial charge on any atom is 0.252 e. The summed E-state index contributed by atoms with van der Waals surface area (Å²) in [7, 11) is 0. The number of hydrogen-bond donors (Lipinski definition) is 3. The van der Waals surface area contributed by atoms with Crippen LogP contribution in [-0.2, 0) is 0 Å². The first-order valence-corrected chi connectivity index (χ1v) is 6.33. The van der Waals surface area contributed by atoms with Crippen molar-refractivity contribution in [3.8, 4) is 0 Å². The van der Waals surface area contributed by atoms with E-state index < -0.39 is 0 Å². The Labute approximate surface area is 123 Å². The average Bonchev–Trinajstić information content (AvgIpc) is 2.42. The van der Waals surface area contributed by atoms with E-state index in [-0.39, 0.29) is 23.9 Å². The SMILES string of the molecule is CCNCCNC(=O)c1cc(=O)[nH]c2ccccc12.Cl. The molecule has 20 heavy (non-hydrogen) atoms. The molecule has 0 atom stereocenters. The Morgan fingerprint density at radius 2 is 2.00 bits per heavy atom. The first-order chi connectivity index (χ1) is 9.22. The normalized spacial score (nSPS) is 10.1. The molecule has 0 spiro atoms. The fraction of sp³-hybridized carbons (Fsp3) is 0.286. The molecule has 0 aliphatic heterocycles. The van der Waals surface area contributed by atoms with Crippen molar-refractivity contribution >= 4 is 29.2 Å². The van der Waals surface area contributed by atoms with Crippen molar-refractivity contribution in [1.82, 2.24) is 15.6 Å². The zero-order valence-electron chi connectivity index (χ0n) is 11.2. The van der Waals surface area contributed by atoms with Crippen molar-refractivity contribution in [2.75, 3.05) is 19.6 Å². The number of hydrogen-bond acceptors (Lipinski definition) is 3. The van der Waals surface area contributed by atoms with Gasteiger partial charge in [-0.1, -0.05) is 25.1 Å². The van der Waals surface area contributed by atoms with E-state index in [0.717, 1.165) is 11.9 Å². The monoisotopic (exact) mass is 295 g/mol. The molecule has 0 saturated carbocycles. The second-order valence-electron chi connectivity index (χ2n) is 4.20. The quantitative estimate of drug-likeness (QED) is 0.728. The maximum absolute atomic E-state index is 12.1. The number of amides is 1. The van der Waals surface area contributed by atoms with Gasteiger partial charge in [-0.3, -0.25) is 9.59 Å². The number of aromatic amines is 1. The van der Waals surface area contributed by atoms with Crippen LogP contribution in [0.2, 0.25) is 0 Å². The number of halogens is 1. The van der Waals surface area contributed by atoms with E-state index in [4.69, 9.17) is 0 Å². The van der Waals surface area contributed by atoms with Crippen LogP contribution in [0.4, 0.5) is 0 Å². The van der Waals surface area contributed by atoms with Crippen LogP contribution in [0, 0.1) is 0 Å². The highest BCUT2D eigenvalue weighted by molar-refractivity contribution is 6.05. The number of carbonyl (C=O) groups is 1. The number of aromatic nitrogens is 1. The van der Waals surface area contributed by atoms with Crippen molar-refractivity contribution in [1.29, 1.82) is 0 Å². The molecule has 1 aromatic heterocycles. The summed E-state index contributed by atoms with van der Waals surface area (Å²) in [6, 6.07) is 8.61. The number of likely N-dealkylation sites (N-methyl/N-ethyl adjacent to an activating group) is 1. The summed E-state index contributed by atoms with van der Waals surface area (Å²) in [6.45, 7) is 4.12. The lowest BCUT2D eigenvalue weighted by Crippen LogP contribution is -2.32. The van der Waals surface area contributed by atoms with Crippen molar-refractivity contribution in [2.45, 2.75) is 6.92 Å². The molecule has 0 aliphatic carbocycles. The second kappa shape index (κ2) is 7.67. The highest BCUT2D eigenvalue weighted by Gasteiger charge is 2.10. The Hall–Kier alpha value is -1.85. The van der Waals surface area contributed by atoms with E-state index in [2.05, 4.69) is 15.6 Å². The number of pyridine rings is 1. The second-order valence-corrected chi connectivity index (χ2v) is 4.20. The van der Waals surface area contributed by atoms with Crippen LogP contribution in [0.25, 0.3) is 10.9 Å². The number of nitrogens with one attached hydrogen (secondary N) is 3. The maximum atomic E-state index is 12.1. The van der Waals surface area contributed by atoms with Gasteiger partial charge in [-0.05, 0) is 12.6 Å². The largest absolute Gasteiger partial charge is 0.351 e. The highest BCUT2D eigenvalue weighted by Crippen LogP contribution is 2.14. The molecule has 0 fully saturated rings. The minimum Gasteiger partial charge on any atom is -0.351 e. The van der Waals surface area contributed by atoms with Crippen LogP contribution in [-0.4, -0.2) is 30.5 Å². The van der Waals surface area contributed by atoms with E-state index in [1.165, 1.54) is 6.07 Å². The van der Waals surface area contributed by atoms with Gasteiger partial charge < -0.3 is 15.6 Å². The van der Waals surface area contributed by atoms with Crippen molar-refractivity contribution < 1.29 is 4.79 Å². The van der Waals surface area contributed by atoms with Crippen LogP contribution in [0.3, 0.4) is 0 Å². The third-order valence-electron chi connectivity index (χ3n) is 2.83. The molecule has 0 radical (unpaired) electrons. The molecule has 6 heteroatoms. The first kappa shape index (κ1) is 16.2. The number of fused-ring (bicyclic) bond motifs is 1. The standard InChI is InChI=1S/C14H17N3O2.ClH/c1-2-15-7-8-16-14(19)11-9-13(18)17-12-6-4-3-5-10(11)12;/h3-6,9,15H,2,7-8H2,1H3,(H,16,19)(H,17,18);1H. The summed E-state index contributed by atoms with van der Waals surface area (Å²) < 4.78 is 0. The van der Waals surface area contributed by atoms with Crippen LogP contribution in [0.15, 0.2) is 35.1 Å². The van der Waals surface area contributed by atoms with Crippen LogP contribution in [0.1, 0.15) is 17.3 Å². The molecule has 1 heterocycles. The summed E-state index contributed by atoms with van der Waals surface area (Å²) in [4.78, 5) is 26.3. The average molecular weight is 296 g/mol. The lowest BCUT2D eigenvalue weighted by molar-refractivity contribution is 0.0955. The molecule has 2 rings (SSSR count). The van der Waals surface area contributed by atoms with Gasteiger partial charge in [0.2, 0.25) is 5.56 Å². The number of para-hydroxylation sites is 1. The first-order valence-electron chi connectivity index (χ1n) is 6.33. The molecule has 0 aliphatic rings. The van der Waals surface area contributed by atoms with Gasteiger partial charge in [0.1, 0.15) is 0 Å². The van der Waals surface area contributed by atoms with Crippen molar-refractivity contribution in [3.05, 3.63) is 46.2 Å². The third kappa shape index (κ3) is 3.82. The number of benzene rings is 1. The van der Waals surface area contributed by atoms with E-state index in [0.29, 0.717) is 24.2 Å². The summed E-state index contributed by atoms with van der Waals surface area (Å²) >= 11 is 0. The molecule has 108 valence electrons. The molecule has 0 bridgehead atoms. The van der Waals surface area contributed by atoms with Gasteiger partial charge in [-0.25, -0.2) is 0 Å². The van der Waals surface area contributed by atoms with E-state index in [1.54, 1.807) is 6.07 Å². The summed E-state index contributed by atoms with van der Waals surface area (Å²) in [5.74, 6) is -0.222. The smallest absolute Gasteiger partial charge is 0.252 e. The fourth-order valence-corrected chi connectivity index (χ4v) is 1.93. The number of H-pyrrole nitrogens is 1. The topological polar surface area (TPSA) is 74.0 Å². The van der Waals surface area contributed by atoms with E-state index in [9.17, 15) is 9.59 Å². The van der Waals surface area contributed by atoms with Gasteiger partial charge in [0.15, 0.2) is 0 Å². The minimum absolute atomic E-state index is 0. The van der Waals surface area contributed by atoms with Crippen molar-refractivity contribution in [2.24, 2.45) is 0 Å². The predicted octanol–water partition coefficient (Wildman–Crippen LogP) is 1.29. The minimum atomic E-state index is -0.268. The zero-order valence-corrected chi connectivity index (χ0v) is 12.0. The summed E-state index contributed by atoms with van der Waals surface area (Å²) in [6.07, 6.45) is 0. The molecule has 1 aromatic carbocycles. The van der Waals surface area contributed by atoms with Gasteiger partial charge in [0.25, 0.3) is 5.91 Å². The van der Waals surface area contributed by atoms with E-state index in [1.807, 2.05) is 25.1 Å². The fourth-order valence-electron chi connectivity index (χ4n) is 1.93. The molecule has 2 aromatic rings. The molecule has 1 amide bonds. The van der Waals surface area contributed by atoms with Gasteiger partial charge >= 0.3 is 0 Å². The molecule has 0 unspecified atom stereocenters. The Balaban J connectivity index is 0.00000200. The zero-order chi connectivity index (χ0) is 13.7. The summed E-state index contributed by atoms with van der Waals surface area (Å²) in [5.41, 5.74) is 0.818. The number of rotatable bonds is 5. The lowest BCUT2D eigenvalue weighted by atomic mass is 10.1. The van der Waals surface area contributed by atoms with Gasteiger partial charge in [0, 0.05) is 30.1 Å².